The molecule has 0 unspecified atom stereocenters. The van der Waals surface area contributed by atoms with Gasteiger partial charge in [-0.05, 0) is 17.7 Å². The van der Waals surface area contributed by atoms with Crippen LogP contribution in [0.4, 0.5) is 0 Å². The van der Waals surface area contributed by atoms with Crippen molar-refractivity contribution in [1.29, 1.82) is 0 Å². The first-order valence-electron chi connectivity index (χ1n) is 5.58. The van der Waals surface area contributed by atoms with E-state index in [2.05, 4.69) is 5.16 Å². The average Bonchev–Trinajstić information content (AvgIpc) is 2.35. The first-order valence-corrected chi connectivity index (χ1v) is 6.63. The molecule has 1 aromatic carbocycles. The summed E-state index contributed by atoms with van der Waals surface area (Å²) in [6, 6.07) is 5.71. The Labute approximate surface area is 110 Å². The van der Waals surface area contributed by atoms with E-state index in [1.807, 2.05) is 30.0 Å². The van der Waals surface area contributed by atoms with Gasteiger partial charge < -0.3 is 20.4 Å². The van der Waals surface area contributed by atoms with Gasteiger partial charge in [-0.1, -0.05) is 11.2 Å². The molecule has 98 valence electrons. The van der Waals surface area contributed by atoms with Crippen LogP contribution in [0.25, 0.3) is 0 Å². The van der Waals surface area contributed by atoms with Crippen molar-refractivity contribution in [2.24, 2.45) is 10.9 Å². The van der Waals surface area contributed by atoms with Crippen LogP contribution < -0.4 is 10.5 Å². The van der Waals surface area contributed by atoms with Gasteiger partial charge in [0.1, 0.15) is 5.75 Å². The number of hydrogen-bond donors (Lipinski definition) is 2. The SMILES string of the molecule is COc1ccc(CSC2COC2)cc1C(N)=NO. The number of methoxy groups -OCH3 is 1. The minimum atomic E-state index is 0.0608. The van der Waals surface area contributed by atoms with Gasteiger partial charge in [0.25, 0.3) is 0 Å². The van der Waals surface area contributed by atoms with E-state index in [-0.39, 0.29) is 5.84 Å². The van der Waals surface area contributed by atoms with Crippen LogP contribution in [0.1, 0.15) is 11.1 Å². The molecule has 1 aromatic rings. The van der Waals surface area contributed by atoms with Gasteiger partial charge in [0.05, 0.1) is 31.1 Å². The van der Waals surface area contributed by atoms with Crippen molar-refractivity contribution in [3.05, 3.63) is 29.3 Å². The van der Waals surface area contributed by atoms with Gasteiger partial charge in [-0.2, -0.15) is 0 Å². The van der Waals surface area contributed by atoms with E-state index in [9.17, 15) is 0 Å². The van der Waals surface area contributed by atoms with E-state index < -0.39 is 0 Å². The van der Waals surface area contributed by atoms with Crippen LogP contribution in [-0.2, 0) is 10.5 Å². The van der Waals surface area contributed by atoms with E-state index in [1.54, 1.807) is 7.11 Å². The van der Waals surface area contributed by atoms with E-state index in [1.165, 1.54) is 0 Å². The summed E-state index contributed by atoms with van der Waals surface area (Å²) in [5, 5.41) is 12.4. The van der Waals surface area contributed by atoms with Crippen LogP contribution in [0.3, 0.4) is 0 Å². The van der Waals surface area contributed by atoms with Crippen molar-refractivity contribution in [3.63, 3.8) is 0 Å². The maximum absolute atomic E-state index is 8.75. The largest absolute Gasteiger partial charge is 0.496 e. The fourth-order valence-corrected chi connectivity index (χ4v) is 2.62. The number of amidine groups is 1. The number of hydrogen-bond acceptors (Lipinski definition) is 5. The Balaban J connectivity index is 2.11. The predicted molar refractivity (Wildman–Crippen MR) is 71.4 cm³/mol. The zero-order chi connectivity index (χ0) is 13.0. The zero-order valence-electron chi connectivity index (χ0n) is 10.1. The Bertz CT molecular complexity index is 447. The average molecular weight is 268 g/mol. The maximum atomic E-state index is 8.75. The lowest BCUT2D eigenvalue weighted by atomic mass is 10.1. The molecule has 0 atom stereocenters. The molecule has 0 saturated carbocycles. The second-order valence-corrected chi connectivity index (χ2v) is 5.28. The van der Waals surface area contributed by atoms with Gasteiger partial charge in [0, 0.05) is 5.75 Å². The highest BCUT2D eigenvalue weighted by molar-refractivity contribution is 7.99. The molecule has 0 amide bonds. The summed E-state index contributed by atoms with van der Waals surface area (Å²) >= 11 is 1.85. The molecule has 18 heavy (non-hydrogen) atoms. The smallest absolute Gasteiger partial charge is 0.173 e. The molecule has 5 nitrogen and oxygen atoms in total. The minimum absolute atomic E-state index is 0.0608. The van der Waals surface area contributed by atoms with Crippen molar-refractivity contribution < 1.29 is 14.7 Å². The molecule has 0 aromatic heterocycles. The number of nitrogens with two attached hydrogens (primary N) is 1. The Hall–Kier alpha value is -1.40. The maximum Gasteiger partial charge on any atom is 0.173 e. The molecule has 0 spiro atoms. The molecule has 0 aliphatic carbocycles. The van der Waals surface area contributed by atoms with Crippen LogP contribution in [0, 0.1) is 0 Å². The summed E-state index contributed by atoms with van der Waals surface area (Å²) in [7, 11) is 1.56. The van der Waals surface area contributed by atoms with Crippen LogP contribution in [0.2, 0.25) is 0 Å². The van der Waals surface area contributed by atoms with Crippen LogP contribution >= 0.6 is 11.8 Å². The van der Waals surface area contributed by atoms with Crippen molar-refractivity contribution >= 4 is 17.6 Å². The summed E-state index contributed by atoms with van der Waals surface area (Å²) < 4.78 is 10.3. The highest BCUT2D eigenvalue weighted by atomic mass is 32.2. The third-order valence-corrected chi connectivity index (χ3v) is 3.98. The van der Waals surface area contributed by atoms with E-state index in [4.69, 9.17) is 20.4 Å². The van der Waals surface area contributed by atoms with Gasteiger partial charge in [0.15, 0.2) is 5.84 Å². The molecule has 0 radical (unpaired) electrons. The van der Waals surface area contributed by atoms with Crippen LogP contribution in [0.15, 0.2) is 23.4 Å². The number of oxime groups is 1. The molecular weight excluding hydrogens is 252 g/mol. The van der Waals surface area contributed by atoms with E-state index >= 15 is 0 Å². The van der Waals surface area contributed by atoms with Crippen molar-refractivity contribution in [2.45, 2.75) is 11.0 Å². The predicted octanol–water partition coefficient (Wildman–Crippen LogP) is 1.42. The Morgan fingerprint density at radius 2 is 2.39 bits per heavy atom. The van der Waals surface area contributed by atoms with Gasteiger partial charge in [-0.25, -0.2) is 0 Å². The quantitative estimate of drug-likeness (QED) is 0.365. The lowest BCUT2D eigenvalue weighted by molar-refractivity contribution is 0.0455. The number of nitrogens with zero attached hydrogens (tertiary/aromatic N) is 1. The standard InChI is InChI=1S/C12H16N2O3S/c1-16-11-3-2-8(4-10(11)12(13)14-15)7-18-9-5-17-6-9/h2-4,9,15H,5-7H2,1H3,(H2,13,14). The fraction of sp³-hybridized carbons (Fsp3) is 0.417. The summed E-state index contributed by atoms with van der Waals surface area (Å²) in [6.45, 7) is 1.65. The number of rotatable bonds is 5. The number of ether oxygens (including phenoxy) is 2. The van der Waals surface area contributed by atoms with Gasteiger partial charge in [0.2, 0.25) is 0 Å². The number of thioether (sulfide) groups is 1. The van der Waals surface area contributed by atoms with Crippen LogP contribution in [0.5, 0.6) is 5.75 Å². The third kappa shape index (κ3) is 2.88. The number of benzene rings is 1. The minimum Gasteiger partial charge on any atom is -0.496 e. The topological polar surface area (TPSA) is 77.1 Å². The molecule has 6 heteroatoms. The highest BCUT2D eigenvalue weighted by Gasteiger charge is 2.18. The molecule has 1 aliphatic rings. The van der Waals surface area contributed by atoms with Crippen molar-refractivity contribution in [2.75, 3.05) is 20.3 Å². The fourth-order valence-electron chi connectivity index (χ4n) is 1.62. The third-order valence-electron chi connectivity index (χ3n) is 2.74. The second-order valence-electron chi connectivity index (χ2n) is 3.99. The molecule has 2 rings (SSSR count). The molecule has 1 saturated heterocycles. The molecule has 1 fully saturated rings. The second kappa shape index (κ2) is 5.97. The summed E-state index contributed by atoms with van der Waals surface area (Å²) in [6.07, 6.45) is 0. The first kappa shape index (κ1) is 13.0. The van der Waals surface area contributed by atoms with Crippen LogP contribution in [-0.4, -0.2) is 36.6 Å². The lowest BCUT2D eigenvalue weighted by Gasteiger charge is -2.25. The molecule has 1 aliphatic heterocycles. The molecule has 3 N–H and O–H groups in total. The van der Waals surface area contributed by atoms with E-state index in [0.29, 0.717) is 16.6 Å². The van der Waals surface area contributed by atoms with Crippen molar-refractivity contribution in [3.8, 4) is 5.75 Å². The first-order chi connectivity index (χ1) is 8.74. The van der Waals surface area contributed by atoms with E-state index in [0.717, 1.165) is 24.5 Å². The summed E-state index contributed by atoms with van der Waals surface area (Å²) in [4.78, 5) is 0. The monoisotopic (exact) mass is 268 g/mol. The Morgan fingerprint density at radius 3 is 2.94 bits per heavy atom. The van der Waals surface area contributed by atoms with Gasteiger partial charge in [-0.15, -0.1) is 11.8 Å². The Morgan fingerprint density at radius 1 is 1.61 bits per heavy atom. The molecule has 1 heterocycles. The van der Waals surface area contributed by atoms with Gasteiger partial charge >= 0.3 is 0 Å². The lowest BCUT2D eigenvalue weighted by Crippen LogP contribution is -2.30. The molecule has 0 bridgehead atoms. The highest BCUT2D eigenvalue weighted by Crippen LogP contribution is 2.26. The summed E-state index contributed by atoms with van der Waals surface area (Å²) in [5.74, 6) is 1.54. The zero-order valence-corrected chi connectivity index (χ0v) is 10.9. The van der Waals surface area contributed by atoms with Crippen molar-refractivity contribution in [1.82, 2.24) is 0 Å². The Kier molecular flexibility index (Phi) is 4.33. The molecular formula is C12H16N2O3S. The summed E-state index contributed by atoms with van der Waals surface area (Å²) in [5.41, 5.74) is 7.36. The normalized spacial score (nSPS) is 16.4. The van der Waals surface area contributed by atoms with Gasteiger partial charge in [-0.3, -0.25) is 0 Å².